The molecule has 5 aromatic rings. The molecule has 5 atom stereocenters. The zero-order valence-electron chi connectivity index (χ0n) is 23.9. The molecule has 8 heteroatoms. The van der Waals surface area contributed by atoms with Crippen LogP contribution in [0, 0.1) is 0 Å². The van der Waals surface area contributed by atoms with Gasteiger partial charge in [0, 0.05) is 21.2 Å². The number of para-hydroxylation sites is 1. The molecule has 0 radical (unpaired) electrons. The van der Waals surface area contributed by atoms with Gasteiger partial charge in [-0.15, -0.1) is 0 Å². The van der Waals surface area contributed by atoms with Crippen LogP contribution in [0.1, 0.15) is 0 Å². The van der Waals surface area contributed by atoms with E-state index >= 15 is 0 Å². The summed E-state index contributed by atoms with van der Waals surface area (Å²) in [6, 6.07) is 49.4. The average molecular weight is 625 g/mol. The first kappa shape index (κ1) is 30.6. The first-order chi connectivity index (χ1) is 21.7. The Bertz CT molecular complexity index is 1470. The van der Waals surface area contributed by atoms with Crippen molar-refractivity contribution in [3.05, 3.63) is 152 Å². The van der Waals surface area contributed by atoms with E-state index in [0.717, 1.165) is 21.2 Å². The van der Waals surface area contributed by atoms with E-state index < -0.39 is 53.6 Å². The van der Waals surface area contributed by atoms with Gasteiger partial charge in [-0.2, -0.15) is 0 Å². The van der Waals surface area contributed by atoms with E-state index in [-0.39, 0.29) is 0 Å². The Labute approximate surface area is 260 Å². The van der Waals surface area contributed by atoms with Crippen LogP contribution in [0.4, 0.5) is 0 Å². The maximum absolute atomic E-state index is 11.8. The molecule has 0 saturated carbocycles. The molecule has 0 spiro atoms. The Hall–Kier alpha value is -3.44. The maximum Gasteiger partial charge on any atom is 0.229 e. The number of rotatable bonds is 11. The highest BCUT2D eigenvalue weighted by molar-refractivity contribution is 7.69. The molecule has 2 N–H and O–H groups in total. The average Bonchev–Trinajstić information content (AvgIpc) is 3.09. The molecule has 0 bridgehead atoms. The summed E-state index contributed by atoms with van der Waals surface area (Å²) >= 11 is 0. The molecule has 1 aliphatic heterocycles. The number of benzene rings is 5. The van der Waals surface area contributed by atoms with Crippen molar-refractivity contribution in [2.24, 2.45) is 0 Å². The summed E-state index contributed by atoms with van der Waals surface area (Å²) in [5.41, 5.74) is 0. The highest BCUT2D eigenvalue weighted by Crippen LogP contribution is 2.45. The first-order valence-electron chi connectivity index (χ1n) is 14.5. The summed E-state index contributed by atoms with van der Waals surface area (Å²) in [5, 5.41) is 26.0. The number of aliphatic hydroxyl groups is 2. The zero-order valence-corrected chi connectivity index (χ0v) is 25.7. The molecule has 0 amide bonds. The minimum atomic E-state index is -1.39. The van der Waals surface area contributed by atoms with Crippen LogP contribution in [0.25, 0.3) is 0 Å². The lowest BCUT2D eigenvalue weighted by Crippen LogP contribution is -2.61. The van der Waals surface area contributed by atoms with Gasteiger partial charge in [0.2, 0.25) is 6.29 Å². The van der Waals surface area contributed by atoms with E-state index in [2.05, 4.69) is 0 Å². The lowest BCUT2D eigenvalue weighted by molar-refractivity contribution is -0.264. The smallest absolute Gasteiger partial charge is 0.229 e. The first-order valence-corrected chi connectivity index (χ1v) is 17.0. The third kappa shape index (κ3) is 7.26. The molecule has 0 aliphatic carbocycles. The van der Waals surface area contributed by atoms with Crippen LogP contribution < -0.4 is 26.0 Å². The Morgan fingerprint density at radius 3 is 1.27 bits per heavy atom. The van der Waals surface area contributed by atoms with E-state index in [1.807, 2.05) is 152 Å². The zero-order chi connectivity index (χ0) is 30.1. The van der Waals surface area contributed by atoms with Crippen LogP contribution in [-0.2, 0) is 13.8 Å². The van der Waals surface area contributed by atoms with Crippen molar-refractivity contribution < 1.29 is 28.7 Å². The quantitative estimate of drug-likeness (QED) is 0.201. The van der Waals surface area contributed by atoms with Crippen molar-refractivity contribution in [1.29, 1.82) is 0 Å². The summed E-state index contributed by atoms with van der Waals surface area (Å²) in [4.78, 5) is 0. The predicted molar refractivity (Wildman–Crippen MR) is 177 cm³/mol. The van der Waals surface area contributed by atoms with Gasteiger partial charge < -0.3 is 28.7 Å². The summed E-state index contributed by atoms with van der Waals surface area (Å²) < 4.78 is 26.7. The monoisotopic (exact) mass is 624 g/mol. The van der Waals surface area contributed by atoms with Crippen molar-refractivity contribution in [1.82, 2.24) is 0 Å². The van der Waals surface area contributed by atoms with Gasteiger partial charge in [-0.25, -0.2) is 0 Å². The maximum atomic E-state index is 11.8. The second-order valence-corrected chi connectivity index (χ2v) is 13.9. The van der Waals surface area contributed by atoms with Gasteiger partial charge in [0.1, 0.15) is 24.1 Å². The molecule has 6 nitrogen and oxygen atoms in total. The highest BCUT2D eigenvalue weighted by atomic mass is 31.1. The van der Waals surface area contributed by atoms with Crippen molar-refractivity contribution in [3.8, 4) is 5.75 Å². The molecule has 6 rings (SSSR count). The van der Waals surface area contributed by atoms with Crippen molar-refractivity contribution >= 4 is 37.5 Å². The molecular weight excluding hydrogens is 590 g/mol. The van der Waals surface area contributed by atoms with Crippen molar-refractivity contribution in [3.63, 3.8) is 0 Å². The van der Waals surface area contributed by atoms with Gasteiger partial charge in [0.15, 0.2) is 6.10 Å². The van der Waals surface area contributed by atoms with E-state index in [0.29, 0.717) is 5.75 Å². The molecule has 1 saturated heterocycles. The van der Waals surface area contributed by atoms with Gasteiger partial charge in [0.25, 0.3) is 0 Å². The molecule has 1 heterocycles. The fraction of sp³-hybridized carbons (Fsp3) is 0.167. The minimum Gasteiger partial charge on any atom is -0.462 e. The fourth-order valence-electron chi connectivity index (χ4n) is 5.04. The van der Waals surface area contributed by atoms with E-state index in [9.17, 15) is 10.2 Å². The Morgan fingerprint density at radius 2 is 0.886 bits per heavy atom. The van der Waals surface area contributed by atoms with Crippen LogP contribution in [0.3, 0.4) is 0 Å². The molecule has 5 aromatic carbocycles. The lowest BCUT2D eigenvalue weighted by atomic mass is 9.99. The third-order valence-electron chi connectivity index (χ3n) is 7.21. The molecule has 44 heavy (non-hydrogen) atoms. The van der Waals surface area contributed by atoms with Gasteiger partial charge in [0.05, 0.1) is 22.9 Å². The van der Waals surface area contributed by atoms with E-state index in [1.165, 1.54) is 0 Å². The Kier molecular flexibility index (Phi) is 10.4. The van der Waals surface area contributed by atoms with Crippen LogP contribution in [0.5, 0.6) is 5.75 Å². The second kappa shape index (κ2) is 15.0. The molecule has 0 aromatic heterocycles. The molecule has 1 aliphatic rings. The molecule has 5 unspecified atom stereocenters. The second-order valence-electron chi connectivity index (χ2n) is 10.2. The lowest BCUT2D eigenvalue weighted by Gasteiger charge is -2.45. The molecule has 1 fully saturated rings. The summed E-state index contributed by atoms with van der Waals surface area (Å²) in [7, 11) is -2.77. The fourth-order valence-corrected chi connectivity index (χ4v) is 8.85. The SMILES string of the molecule is OCC1OC(Oc2ccccc2)C(OP(c2ccccc2)c2ccccc2)C(OP(c2ccccc2)c2ccccc2)C1O. The van der Waals surface area contributed by atoms with Crippen LogP contribution in [0.2, 0.25) is 0 Å². The largest absolute Gasteiger partial charge is 0.462 e. The summed E-state index contributed by atoms with van der Waals surface area (Å²) in [6.45, 7) is -0.414. The Morgan fingerprint density at radius 1 is 0.523 bits per heavy atom. The molecule has 224 valence electrons. The summed E-state index contributed by atoms with van der Waals surface area (Å²) in [6.07, 6.45) is -4.89. The number of hydrogen-bond acceptors (Lipinski definition) is 6. The van der Waals surface area contributed by atoms with Crippen LogP contribution in [-0.4, -0.2) is 47.5 Å². The normalized spacial score (nSPS) is 21.8. The number of hydrogen-bond donors (Lipinski definition) is 2. The minimum absolute atomic E-state index is 0.414. The molecular formula is C36H34O6P2. The van der Waals surface area contributed by atoms with Gasteiger partial charge in [-0.1, -0.05) is 140 Å². The topological polar surface area (TPSA) is 77.4 Å². The van der Waals surface area contributed by atoms with E-state index in [1.54, 1.807) is 0 Å². The van der Waals surface area contributed by atoms with Crippen molar-refractivity contribution in [2.75, 3.05) is 6.61 Å². The number of aliphatic hydroxyl groups excluding tert-OH is 2. The van der Waals surface area contributed by atoms with Gasteiger partial charge >= 0.3 is 0 Å². The van der Waals surface area contributed by atoms with Crippen molar-refractivity contribution in [2.45, 2.75) is 30.7 Å². The third-order valence-corrected chi connectivity index (χ3v) is 11.2. The highest BCUT2D eigenvalue weighted by Gasteiger charge is 2.50. The summed E-state index contributed by atoms with van der Waals surface area (Å²) in [5.74, 6) is 0.579. The Balaban J connectivity index is 1.44. The standard InChI is InChI=1S/C36H34O6P2/c37-26-32-33(38)34(41-43(28-18-8-2-9-19-28)29-20-10-3-11-21-29)35(36(40-32)39-27-16-6-1-7-17-27)42-44(30-22-12-4-13-23-30)31-24-14-5-15-25-31/h1-25,32-38H,26H2. The van der Waals surface area contributed by atoms with Crippen LogP contribution >= 0.6 is 16.3 Å². The van der Waals surface area contributed by atoms with E-state index in [4.69, 9.17) is 18.5 Å². The van der Waals surface area contributed by atoms with Crippen LogP contribution in [0.15, 0.2) is 152 Å². The predicted octanol–water partition coefficient (Wildman–Crippen LogP) is 5.01. The number of ether oxygens (including phenoxy) is 2. The van der Waals surface area contributed by atoms with Gasteiger partial charge in [-0.05, 0) is 12.1 Å². The van der Waals surface area contributed by atoms with Gasteiger partial charge in [-0.3, -0.25) is 0 Å².